The van der Waals surface area contributed by atoms with Gasteiger partial charge in [-0.1, -0.05) is 12.1 Å². The number of primary amides is 1. The zero-order valence-electron chi connectivity index (χ0n) is 15.2. The van der Waals surface area contributed by atoms with Crippen LogP contribution in [0.5, 0.6) is 5.75 Å². The van der Waals surface area contributed by atoms with Gasteiger partial charge in [-0.25, -0.2) is 4.79 Å². The first-order valence-electron chi connectivity index (χ1n) is 8.84. The van der Waals surface area contributed by atoms with Crippen LogP contribution in [0.25, 0.3) is 0 Å². The van der Waals surface area contributed by atoms with E-state index in [1.165, 1.54) is 17.0 Å². The van der Waals surface area contributed by atoms with E-state index in [9.17, 15) is 24.3 Å². The molecule has 2 rings (SSSR count). The molecular weight excluding hydrogens is 368 g/mol. The van der Waals surface area contributed by atoms with E-state index < -0.39 is 48.2 Å². The van der Waals surface area contributed by atoms with Crippen molar-refractivity contribution in [2.24, 2.45) is 11.5 Å². The fourth-order valence-corrected chi connectivity index (χ4v) is 3.16. The molecule has 1 heterocycles. The van der Waals surface area contributed by atoms with Crippen LogP contribution in [0.3, 0.4) is 0 Å². The topological polar surface area (TPSA) is 176 Å². The molecule has 1 aliphatic heterocycles. The summed E-state index contributed by atoms with van der Waals surface area (Å²) >= 11 is 0. The third-order valence-corrected chi connectivity index (χ3v) is 4.57. The molecule has 0 bridgehead atoms. The van der Waals surface area contributed by atoms with Gasteiger partial charge in [-0.3, -0.25) is 14.4 Å². The summed E-state index contributed by atoms with van der Waals surface area (Å²) in [5, 5.41) is 20.7. The van der Waals surface area contributed by atoms with Crippen LogP contribution in [0.15, 0.2) is 24.3 Å². The predicted molar refractivity (Wildman–Crippen MR) is 97.9 cm³/mol. The zero-order valence-corrected chi connectivity index (χ0v) is 15.2. The molecule has 1 saturated heterocycles. The number of nitrogens with two attached hydrogens (primary N) is 2. The Balaban J connectivity index is 2.02. The van der Waals surface area contributed by atoms with E-state index in [0.29, 0.717) is 19.4 Å². The lowest BCUT2D eigenvalue weighted by atomic mass is 10.0. The van der Waals surface area contributed by atoms with Crippen molar-refractivity contribution in [3.63, 3.8) is 0 Å². The van der Waals surface area contributed by atoms with Crippen molar-refractivity contribution in [2.75, 3.05) is 6.54 Å². The first kappa shape index (κ1) is 21.2. The van der Waals surface area contributed by atoms with Gasteiger partial charge < -0.3 is 31.9 Å². The molecule has 3 atom stereocenters. The number of benzene rings is 1. The van der Waals surface area contributed by atoms with E-state index in [1.807, 2.05) is 0 Å². The number of aliphatic carboxylic acids is 1. The van der Waals surface area contributed by atoms with Crippen molar-refractivity contribution in [1.82, 2.24) is 10.2 Å². The normalized spacial score (nSPS) is 18.3. The van der Waals surface area contributed by atoms with E-state index in [-0.39, 0.29) is 12.2 Å². The maximum atomic E-state index is 12.7. The van der Waals surface area contributed by atoms with Crippen LogP contribution >= 0.6 is 0 Å². The molecule has 152 valence electrons. The van der Waals surface area contributed by atoms with Crippen LogP contribution in [-0.2, 0) is 25.6 Å². The van der Waals surface area contributed by atoms with Gasteiger partial charge in [-0.15, -0.1) is 0 Å². The Morgan fingerprint density at radius 3 is 2.43 bits per heavy atom. The third-order valence-electron chi connectivity index (χ3n) is 4.57. The van der Waals surface area contributed by atoms with Gasteiger partial charge in [0.15, 0.2) is 0 Å². The average Bonchev–Trinajstić information content (AvgIpc) is 3.11. The number of carbonyl (C=O) groups excluding carboxylic acids is 3. The Kier molecular flexibility index (Phi) is 6.94. The Morgan fingerprint density at radius 2 is 1.86 bits per heavy atom. The second kappa shape index (κ2) is 9.18. The number of nitrogens with one attached hydrogen (secondary N) is 1. The number of nitrogens with zero attached hydrogens (tertiary/aromatic N) is 1. The first-order valence-corrected chi connectivity index (χ1v) is 8.84. The predicted octanol–water partition coefficient (Wildman–Crippen LogP) is -1.30. The van der Waals surface area contributed by atoms with E-state index >= 15 is 0 Å². The summed E-state index contributed by atoms with van der Waals surface area (Å²) in [6.07, 6.45) is 0.626. The van der Waals surface area contributed by atoms with Crippen LogP contribution in [-0.4, -0.2) is 63.5 Å². The highest BCUT2D eigenvalue weighted by Crippen LogP contribution is 2.20. The summed E-state index contributed by atoms with van der Waals surface area (Å²) in [7, 11) is 0. The van der Waals surface area contributed by atoms with Gasteiger partial charge in [-0.2, -0.15) is 0 Å². The number of amides is 3. The Hall–Kier alpha value is -3.14. The van der Waals surface area contributed by atoms with E-state index in [2.05, 4.69) is 5.32 Å². The number of phenolic OH excluding ortho intramolecular Hbond substituents is 1. The molecule has 0 aromatic heterocycles. The van der Waals surface area contributed by atoms with E-state index in [1.54, 1.807) is 12.1 Å². The molecule has 28 heavy (non-hydrogen) atoms. The molecule has 1 fully saturated rings. The molecule has 3 amide bonds. The number of carbonyl (C=O) groups is 4. The molecule has 0 saturated carbocycles. The van der Waals surface area contributed by atoms with Gasteiger partial charge in [0.25, 0.3) is 0 Å². The Labute approximate surface area is 161 Å². The average molecular weight is 392 g/mol. The highest BCUT2D eigenvalue weighted by Gasteiger charge is 2.37. The molecule has 0 aliphatic carbocycles. The summed E-state index contributed by atoms with van der Waals surface area (Å²) in [5.41, 5.74) is 11.8. The van der Waals surface area contributed by atoms with Crippen LogP contribution in [0.2, 0.25) is 0 Å². The van der Waals surface area contributed by atoms with Crippen LogP contribution < -0.4 is 16.8 Å². The lowest BCUT2D eigenvalue weighted by molar-refractivity contribution is -0.145. The summed E-state index contributed by atoms with van der Waals surface area (Å²) < 4.78 is 0. The van der Waals surface area contributed by atoms with E-state index in [0.717, 1.165) is 5.56 Å². The summed E-state index contributed by atoms with van der Waals surface area (Å²) in [4.78, 5) is 48.7. The fourth-order valence-electron chi connectivity index (χ4n) is 3.16. The van der Waals surface area contributed by atoms with Crippen LogP contribution in [0.1, 0.15) is 24.8 Å². The number of likely N-dealkylation sites (tertiary alicyclic amines) is 1. The van der Waals surface area contributed by atoms with Crippen molar-refractivity contribution in [1.29, 1.82) is 0 Å². The lowest BCUT2D eigenvalue weighted by Gasteiger charge is -2.27. The zero-order chi connectivity index (χ0) is 20.8. The molecule has 10 heteroatoms. The quantitative estimate of drug-likeness (QED) is 0.365. The standard InChI is InChI=1S/C18H24N4O6/c19-12(8-10-3-5-11(23)6-4-10)17(26)22-7-1-2-14(22)16(25)21-13(18(27)28)9-15(20)24/h3-6,12-14,23H,1-2,7-9,19H2,(H2,20,24)(H,21,25)(H,27,28)/t12-,13-,14-/m0/s1. The van der Waals surface area contributed by atoms with Gasteiger partial charge in [-0.05, 0) is 37.0 Å². The number of aromatic hydroxyl groups is 1. The minimum atomic E-state index is -1.45. The van der Waals surface area contributed by atoms with Crippen molar-refractivity contribution >= 4 is 23.7 Å². The maximum Gasteiger partial charge on any atom is 0.326 e. The Bertz CT molecular complexity index is 751. The second-order valence-electron chi connectivity index (χ2n) is 6.74. The number of rotatable bonds is 8. The molecule has 1 aromatic carbocycles. The highest BCUT2D eigenvalue weighted by molar-refractivity contribution is 5.93. The summed E-state index contributed by atoms with van der Waals surface area (Å²) in [6.45, 7) is 0.327. The number of carboxylic acid groups (broad SMARTS) is 1. The van der Waals surface area contributed by atoms with E-state index in [4.69, 9.17) is 16.6 Å². The molecule has 7 N–H and O–H groups in total. The lowest BCUT2D eigenvalue weighted by Crippen LogP contribution is -2.54. The molecule has 0 radical (unpaired) electrons. The molecule has 0 unspecified atom stereocenters. The highest BCUT2D eigenvalue weighted by atomic mass is 16.4. The number of hydrogen-bond donors (Lipinski definition) is 5. The van der Waals surface area contributed by atoms with Gasteiger partial charge in [0, 0.05) is 6.54 Å². The fraction of sp³-hybridized carbons (Fsp3) is 0.444. The summed E-state index contributed by atoms with van der Waals surface area (Å²) in [5.74, 6) is -3.22. The number of phenols is 1. The van der Waals surface area contributed by atoms with Crippen molar-refractivity contribution in [2.45, 2.75) is 43.8 Å². The first-order chi connectivity index (χ1) is 13.2. The second-order valence-corrected chi connectivity index (χ2v) is 6.74. The minimum Gasteiger partial charge on any atom is -0.508 e. The minimum absolute atomic E-state index is 0.101. The van der Waals surface area contributed by atoms with Crippen molar-refractivity contribution in [3.05, 3.63) is 29.8 Å². The SMILES string of the molecule is NC(=O)C[C@H](NC(=O)[C@@H]1CCCN1C(=O)[C@@H](N)Cc1ccc(O)cc1)C(=O)O. The van der Waals surface area contributed by atoms with Crippen molar-refractivity contribution < 1.29 is 29.4 Å². The molecule has 10 nitrogen and oxygen atoms in total. The molecular formula is C18H24N4O6. The van der Waals surface area contributed by atoms with Gasteiger partial charge >= 0.3 is 5.97 Å². The smallest absolute Gasteiger partial charge is 0.326 e. The molecule has 0 spiro atoms. The largest absolute Gasteiger partial charge is 0.508 e. The van der Waals surface area contributed by atoms with Gasteiger partial charge in [0.2, 0.25) is 17.7 Å². The van der Waals surface area contributed by atoms with Crippen molar-refractivity contribution in [3.8, 4) is 5.75 Å². The third kappa shape index (κ3) is 5.43. The monoisotopic (exact) mass is 392 g/mol. The Morgan fingerprint density at radius 1 is 1.21 bits per heavy atom. The molecule has 1 aromatic rings. The maximum absolute atomic E-state index is 12.7. The molecule has 1 aliphatic rings. The number of carboxylic acids is 1. The summed E-state index contributed by atoms with van der Waals surface area (Å²) in [6, 6.07) is 3.09. The van der Waals surface area contributed by atoms with Crippen LogP contribution in [0, 0.1) is 0 Å². The van der Waals surface area contributed by atoms with Gasteiger partial charge in [0.05, 0.1) is 12.5 Å². The number of hydrogen-bond acceptors (Lipinski definition) is 6. The van der Waals surface area contributed by atoms with Gasteiger partial charge in [0.1, 0.15) is 17.8 Å². The van der Waals surface area contributed by atoms with Crippen LogP contribution in [0.4, 0.5) is 0 Å².